The zero-order chi connectivity index (χ0) is 20.6. The predicted molar refractivity (Wildman–Crippen MR) is 113 cm³/mol. The molecule has 0 radical (unpaired) electrons. The van der Waals surface area contributed by atoms with Gasteiger partial charge >= 0.3 is 0 Å². The largest absolute Gasteiger partial charge is 0.348 e. The SMILES string of the molecule is CCC(NC(=O)C(N)c1ccc(C(=O)Nc2ccncc2)cc1)c1ccccc1. The standard InChI is InChI=1S/C23H24N4O2/c1-2-20(16-6-4-3-5-7-16)27-23(29)21(24)17-8-10-18(11-9-17)22(28)26-19-12-14-25-15-13-19/h3-15,20-21H,2,24H2,1H3,(H,27,29)(H,25,26,28). The number of benzene rings is 2. The molecule has 4 N–H and O–H groups in total. The molecule has 2 amide bonds. The van der Waals surface area contributed by atoms with Crippen molar-refractivity contribution in [2.45, 2.75) is 25.4 Å². The summed E-state index contributed by atoms with van der Waals surface area (Å²) in [5.41, 5.74) is 8.98. The Bertz CT molecular complexity index is 944. The summed E-state index contributed by atoms with van der Waals surface area (Å²) in [6.45, 7) is 2.01. The Morgan fingerprint density at radius 1 is 0.931 bits per heavy atom. The van der Waals surface area contributed by atoms with E-state index in [1.807, 2.05) is 37.3 Å². The lowest BCUT2D eigenvalue weighted by atomic mass is 10.0. The summed E-state index contributed by atoms with van der Waals surface area (Å²) in [4.78, 5) is 28.9. The maximum absolute atomic E-state index is 12.6. The number of anilines is 1. The Morgan fingerprint density at radius 3 is 2.21 bits per heavy atom. The van der Waals surface area contributed by atoms with Gasteiger partial charge in [-0.2, -0.15) is 0 Å². The second kappa shape index (κ2) is 9.61. The lowest BCUT2D eigenvalue weighted by Gasteiger charge is -2.20. The number of amides is 2. The summed E-state index contributed by atoms with van der Waals surface area (Å²) in [5, 5.41) is 5.79. The molecule has 0 bridgehead atoms. The second-order valence-corrected chi connectivity index (χ2v) is 6.67. The molecule has 0 saturated heterocycles. The first kappa shape index (κ1) is 20.2. The van der Waals surface area contributed by atoms with Crippen molar-refractivity contribution in [1.82, 2.24) is 10.3 Å². The van der Waals surface area contributed by atoms with E-state index < -0.39 is 6.04 Å². The number of carbonyl (C=O) groups is 2. The van der Waals surface area contributed by atoms with Crippen LogP contribution in [0.4, 0.5) is 5.69 Å². The van der Waals surface area contributed by atoms with Crippen molar-refractivity contribution in [3.63, 3.8) is 0 Å². The minimum Gasteiger partial charge on any atom is -0.348 e. The van der Waals surface area contributed by atoms with Crippen molar-refractivity contribution in [3.05, 3.63) is 95.8 Å². The summed E-state index contributed by atoms with van der Waals surface area (Å²) in [7, 11) is 0. The number of aromatic nitrogens is 1. The zero-order valence-corrected chi connectivity index (χ0v) is 16.2. The van der Waals surface area contributed by atoms with Crippen LogP contribution in [0.1, 0.15) is 46.9 Å². The van der Waals surface area contributed by atoms with Gasteiger partial charge in [0.05, 0.1) is 6.04 Å². The fourth-order valence-corrected chi connectivity index (χ4v) is 3.00. The molecule has 6 nitrogen and oxygen atoms in total. The van der Waals surface area contributed by atoms with Gasteiger partial charge in [-0.05, 0) is 41.8 Å². The highest BCUT2D eigenvalue weighted by Crippen LogP contribution is 2.19. The predicted octanol–water partition coefficient (Wildman–Crippen LogP) is 3.60. The maximum atomic E-state index is 12.6. The second-order valence-electron chi connectivity index (χ2n) is 6.67. The quantitative estimate of drug-likeness (QED) is 0.576. The molecule has 2 aromatic carbocycles. The Hall–Kier alpha value is -3.51. The molecule has 0 saturated carbocycles. The molecule has 3 rings (SSSR count). The first-order chi connectivity index (χ1) is 14.1. The van der Waals surface area contributed by atoms with E-state index in [9.17, 15) is 9.59 Å². The fraction of sp³-hybridized carbons (Fsp3) is 0.174. The Labute approximate surface area is 170 Å². The van der Waals surface area contributed by atoms with E-state index in [4.69, 9.17) is 5.73 Å². The molecular weight excluding hydrogens is 364 g/mol. The van der Waals surface area contributed by atoms with Crippen LogP contribution in [0, 0.1) is 0 Å². The summed E-state index contributed by atoms with van der Waals surface area (Å²) in [5.74, 6) is -0.495. The molecule has 148 valence electrons. The van der Waals surface area contributed by atoms with Gasteiger partial charge in [0.25, 0.3) is 5.91 Å². The normalized spacial score (nSPS) is 12.6. The highest BCUT2D eigenvalue weighted by molar-refractivity contribution is 6.04. The highest BCUT2D eigenvalue weighted by Gasteiger charge is 2.20. The monoisotopic (exact) mass is 388 g/mol. The average molecular weight is 388 g/mol. The van der Waals surface area contributed by atoms with Gasteiger partial charge in [-0.1, -0.05) is 49.4 Å². The molecule has 0 aliphatic carbocycles. The number of pyridine rings is 1. The van der Waals surface area contributed by atoms with Crippen LogP contribution in [-0.4, -0.2) is 16.8 Å². The third-order valence-corrected chi connectivity index (χ3v) is 4.68. The highest BCUT2D eigenvalue weighted by atomic mass is 16.2. The Morgan fingerprint density at radius 2 is 1.59 bits per heavy atom. The summed E-state index contributed by atoms with van der Waals surface area (Å²) >= 11 is 0. The molecule has 2 unspecified atom stereocenters. The minimum atomic E-state index is -0.815. The van der Waals surface area contributed by atoms with E-state index in [1.54, 1.807) is 48.8 Å². The average Bonchev–Trinajstić information content (AvgIpc) is 2.78. The molecule has 1 aromatic heterocycles. The number of nitrogens with zero attached hydrogens (tertiary/aromatic N) is 1. The van der Waals surface area contributed by atoms with Crippen molar-refractivity contribution >= 4 is 17.5 Å². The molecule has 6 heteroatoms. The van der Waals surface area contributed by atoms with Crippen LogP contribution in [0.25, 0.3) is 0 Å². The van der Waals surface area contributed by atoms with Gasteiger partial charge in [-0.25, -0.2) is 0 Å². The summed E-state index contributed by atoms with van der Waals surface area (Å²) < 4.78 is 0. The number of nitrogens with one attached hydrogen (secondary N) is 2. The van der Waals surface area contributed by atoms with Gasteiger partial charge in [-0.3, -0.25) is 14.6 Å². The van der Waals surface area contributed by atoms with E-state index in [2.05, 4.69) is 15.6 Å². The van der Waals surface area contributed by atoms with Gasteiger partial charge in [0.1, 0.15) is 6.04 Å². The summed E-state index contributed by atoms with van der Waals surface area (Å²) in [6.07, 6.45) is 3.97. The van der Waals surface area contributed by atoms with E-state index >= 15 is 0 Å². The molecule has 0 aliphatic rings. The lowest BCUT2D eigenvalue weighted by Crippen LogP contribution is -2.36. The molecule has 29 heavy (non-hydrogen) atoms. The molecule has 3 aromatic rings. The Balaban J connectivity index is 1.64. The number of carbonyl (C=O) groups excluding carboxylic acids is 2. The van der Waals surface area contributed by atoms with E-state index in [1.165, 1.54) is 0 Å². The molecule has 0 aliphatic heterocycles. The minimum absolute atomic E-state index is 0.0971. The maximum Gasteiger partial charge on any atom is 0.255 e. The van der Waals surface area contributed by atoms with Crippen LogP contribution in [0.3, 0.4) is 0 Å². The summed E-state index contributed by atoms with van der Waals surface area (Å²) in [6, 6.07) is 19.0. The van der Waals surface area contributed by atoms with Crippen LogP contribution in [0.2, 0.25) is 0 Å². The smallest absolute Gasteiger partial charge is 0.255 e. The number of hydrogen-bond acceptors (Lipinski definition) is 4. The molecule has 0 fully saturated rings. The van der Waals surface area contributed by atoms with Crippen LogP contribution in [-0.2, 0) is 4.79 Å². The van der Waals surface area contributed by atoms with Crippen LogP contribution in [0.15, 0.2) is 79.1 Å². The lowest BCUT2D eigenvalue weighted by molar-refractivity contribution is -0.123. The van der Waals surface area contributed by atoms with E-state index in [0.717, 1.165) is 12.0 Å². The van der Waals surface area contributed by atoms with Crippen molar-refractivity contribution in [2.24, 2.45) is 5.73 Å². The third-order valence-electron chi connectivity index (χ3n) is 4.68. The first-order valence-electron chi connectivity index (χ1n) is 9.50. The van der Waals surface area contributed by atoms with Crippen LogP contribution in [0.5, 0.6) is 0 Å². The number of rotatable bonds is 7. The first-order valence-corrected chi connectivity index (χ1v) is 9.50. The van der Waals surface area contributed by atoms with Gasteiger partial charge in [0.15, 0.2) is 0 Å². The Kier molecular flexibility index (Phi) is 6.71. The van der Waals surface area contributed by atoms with Crippen molar-refractivity contribution in [1.29, 1.82) is 0 Å². The molecule has 1 heterocycles. The molecular formula is C23H24N4O2. The van der Waals surface area contributed by atoms with Crippen molar-refractivity contribution in [2.75, 3.05) is 5.32 Å². The van der Waals surface area contributed by atoms with Crippen LogP contribution >= 0.6 is 0 Å². The zero-order valence-electron chi connectivity index (χ0n) is 16.2. The van der Waals surface area contributed by atoms with Gasteiger partial charge in [0, 0.05) is 23.6 Å². The topological polar surface area (TPSA) is 97.1 Å². The van der Waals surface area contributed by atoms with E-state index in [-0.39, 0.29) is 17.9 Å². The third kappa shape index (κ3) is 5.27. The van der Waals surface area contributed by atoms with Crippen molar-refractivity contribution in [3.8, 4) is 0 Å². The van der Waals surface area contributed by atoms with Crippen LogP contribution < -0.4 is 16.4 Å². The number of nitrogens with two attached hydrogens (primary N) is 1. The van der Waals surface area contributed by atoms with Gasteiger partial charge in [0.2, 0.25) is 5.91 Å². The molecule has 2 atom stereocenters. The van der Waals surface area contributed by atoms with Gasteiger partial charge < -0.3 is 16.4 Å². The number of hydrogen-bond donors (Lipinski definition) is 3. The fourth-order valence-electron chi connectivity index (χ4n) is 3.00. The van der Waals surface area contributed by atoms with Crippen molar-refractivity contribution < 1.29 is 9.59 Å². The molecule has 0 spiro atoms. The van der Waals surface area contributed by atoms with E-state index in [0.29, 0.717) is 16.8 Å². The van der Waals surface area contributed by atoms with Gasteiger partial charge in [-0.15, -0.1) is 0 Å².